The van der Waals surface area contributed by atoms with Crippen LogP contribution in [0, 0.1) is 6.92 Å². The second kappa shape index (κ2) is 7.25. The Kier molecular flexibility index (Phi) is 5.18. The zero-order chi connectivity index (χ0) is 19.8. The summed E-state index contributed by atoms with van der Waals surface area (Å²) in [6.45, 7) is 10.4. The van der Waals surface area contributed by atoms with Crippen LogP contribution in [0.5, 0.6) is 5.88 Å². The van der Waals surface area contributed by atoms with Gasteiger partial charge in [0, 0.05) is 36.5 Å². The monoisotopic (exact) mass is 372 g/mol. The largest absolute Gasteiger partial charge is 0.444 e. The normalized spacial score (nSPS) is 15.8. The minimum absolute atomic E-state index is 0.232. The number of aromatic amines is 1. The first kappa shape index (κ1) is 19.3. The lowest BCUT2D eigenvalue weighted by Crippen LogP contribution is -2.41. The average molecular weight is 372 g/mol. The molecule has 2 heterocycles. The van der Waals surface area contributed by atoms with Crippen LogP contribution in [0.3, 0.4) is 0 Å². The highest BCUT2D eigenvalue weighted by Crippen LogP contribution is 2.34. The van der Waals surface area contributed by atoms with Crippen molar-refractivity contribution in [2.24, 2.45) is 0 Å². The molecule has 1 aromatic carbocycles. The van der Waals surface area contributed by atoms with Crippen molar-refractivity contribution in [1.82, 2.24) is 9.88 Å². The van der Waals surface area contributed by atoms with E-state index in [-0.39, 0.29) is 12.1 Å². The number of aryl methyl sites for hydroxylation is 1. The fourth-order valence-corrected chi connectivity index (χ4v) is 3.54. The number of likely N-dealkylation sites (tertiary alicyclic amines) is 1. The first-order chi connectivity index (χ1) is 12.6. The van der Waals surface area contributed by atoms with E-state index in [9.17, 15) is 9.59 Å². The SMILES string of the molecule is CC(=O)Oc1[nH]c2ccc(C3CCN(C(=O)OC(C)(C)C)CC3)cc2c1C. The van der Waals surface area contributed by atoms with Crippen molar-refractivity contribution in [3.63, 3.8) is 0 Å². The lowest BCUT2D eigenvalue weighted by Gasteiger charge is -2.33. The van der Waals surface area contributed by atoms with Crippen molar-refractivity contribution in [1.29, 1.82) is 0 Å². The Morgan fingerprint density at radius 3 is 2.44 bits per heavy atom. The zero-order valence-electron chi connectivity index (χ0n) is 16.7. The molecule has 0 saturated carbocycles. The van der Waals surface area contributed by atoms with Gasteiger partial charge in [-0.05, 0) is 64.2 Å². The number of carbonyl (C=O) groups excluding carboxylic acids is 2. The molecule has 3 rings (SSSR count). The van der Waals surface area contributed by atoms with Gasteiger partial charge < -0.3 is 19.4 Å². The van der Waals surface area contributed by atoms with Crippen LogP contribution in [0.4, 0.5) is 4.79 Å². The van der Waals surface area contributed by atoms with E-state index in [4.69, 9.17) is 9.47 Å². The van der Waals surface area contributed by atoms with Gasteiger partial charge in [-0.3, -0.25) is 4.79 Å². The summed E-state index contributed by atoms with van der Waals surface area (Å²) in [6.07, 6.45) is 1.58. The summed E-state index contributed by atoms with van der Waals surface area (Å²) in [6, 6.07) is 6.32. The van der Waals surface area contributed by atoms with Crippen molar-refractivity contribution >= 4 is 23.0 Å². The second-order valence-corrected chi connectivity index (χ2v) is 8.22. The maximum absolute atomic E-state index is 12.2. The summed E-state index contributed by atoms with van der Waals surface area (Å²) in [7, 11) is 0. The molecular weight excluding hydrogens is 344 g/mol. The van der Waals surface area contributed by atoms with E-state index in [0.29, 0.717) is 24.9 Å². The number of fused-ring (bicyclic) bond motifs is 1. The van der Waals surface area contributed by atoms with Crippen molar-refractivity contribution < 1.29 is 19.1 Å². The molecule has 1 N–H and O–H groups in total. The Morgan fingerprint density at radius 2 is 1.85 bits per heavy atom. The standard InChI is InChI=1S/C21H28N2O4/c1-13-17-12-16(6-7-18(17)22-19(13)26-14(2)24)15-8-10-23(11-9-15)20(25)27-21(3,4)5/h6-7,12,15,22H,8-11H2,1-5H3. The average Bonchev–Trinajstić information content (AvgIpc) is 2.88. The Bertz CT molecular complexity index is 855. The fraction of sp³-hybridized carbons (Fsp3) is 0.524. The van der Waals surface area contributed by atoms with Gasteiger partial charge in [-0.25, -0.2) is 4.79 Å². The van der Waals surface area contributed by atoms with Crippen LogP contribution in [0.2, 0.25) is 0 Å². The second-order valence-electron chi connectivity index (χ2n) is 8.22. The van der Waals surface area contributed by atoms with E-state index in [0.717, 1.165) is 29.3 Å². The molecule has 146 valence electrons. The summed E-state index contributed by atoms with van der Waals surface area (Å²) in [5.41, 5.74) is 2.68. The van der Waals surface area contributed by atoms with Crippen LogP contribution in [-0.4, -0.2) is 40.6 Å². The topological polar surface area (TPSA) is 71.6 Å². The van der Waals surface area contributed by atoms with Gasteiger partial charge in [0.2, 0.25) is 5.88 Å². The Labute approximate surface area is 159 Å². The zero-order valence-corrected chi connectivity index (χ0v) is 16.7. The molecule has 1 amide bonds. The van der Waals surface area contributed by atoms with Crippen LogP contribution < -0.4 is 4.74 Å². The summed E-state index contributed by atoms with van der Waals surface area (Å²) in [5.74, 6) is 0.577. The summed E-state index contributed by atoms with van der Waals surface area (Å²) in [4.78, 5) is 28.4. The van der Waals surface area contributed by atoms with Crippen molar-refractivity contribution in [3.8, 4) is 5.88 Å². The number of nitrogens with zero attached hydrogens (tertiary/aromatic N) is 1. The predicted molar refractivity (Wildman–Crippen MR) is 104 cm³/mol. The third-order valence-corrected chi connectivity index (χ3v) is 4.90. The number of aromatic nitrogens is 1. The molecule has 0 aliphatic carbocycles. The molecule has 6 nitrogen and oxygen atoms in total. The maximum Gasteiger partial charge on any atom is 0.410 e. The molecule has 0 atom stereocenters. The number of carbonyl (C=O) groups is 2. The van der Waals surface area contributed by atoms with Crippen molar-refractivity contribution in [2.75, 3.05) is 13.1 Å². The number of H-pyrrole nitrogens is 1. The van der Waals surface area contributed by atoms with Gasteiger partial charge in [0.25, 0.3) is 0 Å². The molecule has 6 heteroatoms. The van der Waals surface area contributed by atoms with Crippen molar-refractivity contribution in [2.45, 2.75) is 59.0 Å². The molecule has 0 spiro atoms. The Balaban J connectivity index is 1.71. The van der Waals surface area contributed by atoms with Gasteiger partial charge in [0.05, 0.1) is 0 Å². The molecule has 1 aliphatic heterocycles. The number of hydrogen-bond acceptors (Lipinski definition) is 4. The molecule has 1 fully saturated rings. The number of hydrogen-bond donors (Lipinski definition) is 1. The Hall–Kier alpha value is -2.50. The molecule has 1 aliphatic rings. The van der Waals surface area contributed by atoms with Crippen molar-refractivity contribution in [3.05, 3.63) is 29.3 Å². The molecule has 27 heavy (non-hydrogen) atoms. The van der Waals surface area contributed by atoms with E-state index in [1.807, 2.05) is 33.8 Å². The number of esters is 1. The minimum Gasteiger partial charge on any atom is -0.444 e. The molecule has 1 saturated heterocycles. The van der Waals surface area contributed by atoms with E-state index < -0.39 is 5.60 Å². The van der Waals surface area contributed by atoms with Crippen LogP contribution in [0.15, 0.2) is 18.2 Å². The summed E-state index contributed by atoms with van der Waals surface area (Å²) >= 11 is 0. The number of piperidine rings is 1. The fourth-order valence-electron chi connectivity index (χ4n) is 3.54. The molecule has 1 aromatic heterocycles. The minimum atomic E-state index is -0.468. The number of rotatable bonds is 2. The highest BCUT2D eigenvalue weighted by atomic mass is 16.6. The first-order valence-electron chi connectivity index (χ1n) is 9.42. The number of ether oxygens (including phenoxy) is 2. The molecule has 0 radical (unpaired) electrons. The Morgan fingerprint density at radius 1 is 1.19 bits per heavy atom. The quantitative estimate of drug-likeness (QED) is 0.787. The maximum atomic E-state index is 12.2. The number of nitrogens with one attached hydrogen (secondary N) is 1. The van der Waals surface area contributed by atoms with Gasteiger partial charge in [-0.2, -0.15) is 0 Å². The first-order valence-corrected chi connectivity index (χ1v) is 9.42. The van der Waals surface area contributed by atoms with Gasteiger partial charge in [-0.15, -0.1) is 0 Å². The lowest BCUT2D eigenvalue weighted by atomic mass is 9.89. The predicted octanol–water partition coefficient (Wildman–Crippen LogP) is 4.52. The molecule has 0 unspecified atom stereocenters. The highest BCUT2D eigenvalue weighted by Gasteiger charge is 2.27. The van der Waals surface area contributed by atoms with Gasteiger partial charge in [0.15, 0.2) is 0 Å². The third-order valence-electron chi connectivity index (χ3n) is 4.90. The van der Waals surface area contributed by atoms with E-state index >= 15 is 0 Å². The van der Waals surface area contributed by atoms with Gasteiger partial charge in [0.1, 0.15) is 5.60 Å². The highest BCUT2D eigenvalue weighted by molar-refractivity contribution is 5.87. The van der Waals surface area contributed by atoms with Crippen LogP contribution in [0.1, 0.15) is 57.6 Å². The number of benzene rings is 1. The van der Waals surface area contributed by atoms with Gasteiger partial charge in [-0.1, -0.05) is 6.07 Å². The lowest BCUT2D eigenvalue weighted by molar-refractivity contribution is -0.132. The van der Waals surface area contributed by atoms with E-state index in [1.54, 1.807) is 4.90 Å². The summed E-state index contributed by atoms with van der Waals surface area (Å²) in [5, 5.41) is 1.07. The molecular formula is C21H28N2O4. The van der Waals surface area contributed by atoms with Crippen LogP contribution in [0.25, 0.3) is 10.9 Å². The van der Waals surface area contributed by atoms with Crippen LogP contribution in [-0.2, 0) is 9.53 Å². The summed E-state index contributed by atoms with van der Waals surface area (Å²) < 4.78 is 10.7. The molecule has 2 aromatic rings. The van der Waals surface area contributed by atoms with Gasteiger partial charge >= 0.3 is 12.1 Å². The number of amides is 1. The third kappa shape index (κ3) is 4.43. The molecule has 0 bridgehead atoms. The van der Waals surface area contributed by atoms with E-state index in [1.165, 1.54) is 12.5 Å². The van der Waals surface area contributed by atoms with Crippen LogP contribution >= 0.6 is 0 Å². The van der Waals surface area contributed by atoms with E-state index in [2.05, 4.69) is 17.1 Å². The smallest absolute Gasteiger partial charge is 0.410 e.